The molecule has 0 spiro atoms. The minimum absolute atomic E-state index is 0.520. The van der Waals surface area contributed by atoms with Crippen LogP contribution in [0, 0.1) is 0 Å². The Bertz CT molecular complexity index is 952. The van der Waals surface area contributed by atoms with E-state index in [1.165, 1.54) is 191 Å². The molecule has 0 heterocycles. The lowest BCUT2D eigenvalue weighted by Crippen LogP contribution is -1.90. The molecular formula is C48H76Br2O. The Hall–Kier alpha value is -1.32. The number of alkyl halides is 2. The summed E-state index contributed by atoms with van der Waals surface area (Å²) in [6.07, 6.45) is 49.2. The predicted octanol–water partition coefficient (Wildman–Crippen LogP) is 18.0. The highest BCUT2D eigenvalue weighted by Gasteiger charge is 2.07. The SMILES string of the molecule is BrC(CCCCCCCCCCCCCCCC=COC=CCCCCCCCCCCCCCCCC(Br)c1ccccc1)c1ccccc1. The second-order valence-electron chi connectivity index (χ2n) is 15.0. The van der Waals surface area contributed by atoms with Crippen molar-refractivity contribution in [1.29, 1.82) is 0 Å². The summed E-state index contributed by atoms with van der Waals surface area (Å²) >= 11 is 7.71. The zero-order chi connectivity index (χ0) is 36.1. The monoisotopic (exact) mass is 826 g/mol. The molecule has 2 unspecified atom stereocenters. The van der Waals surface area contributed by atoms with Gasteiger partial charge < -0.3 is 4.74 Å². The Labute approximate surface area is 333 Å². The van der Waals surface area contributed by atoms with E-state index in [1.54, 1.807) is 0 Å². The zero-order valence-corrected chi connectivity index (χ0v) is 35.8. The molecule has 0 N–H and O–H groups in total. The molecule has 288 valence electrons. The lowest BCUT2D eigenvalue weighted by atomic mass is 10.0. The first-order valence-electron chi connectivity index (χ1n) is 21.6. The number of unbranched alkanes of at least 4 members (excludes halogenated alkanes) is 26. The molecule has 0 aliphatic heterocycles. The summed E-state index contributed by atoms with van der Waals surface area (Å²) < 4.78 is 5.56. The Morgan fingerprint density at radius 1 is 0.353 bits per heavy atom. The highest BCUT2D eigenvalue weighted by atomic mass is 79.9. The van der Waals surface area contributed by atoms with E-state index in [2.05, 4.69) is 105 Å². The van der Waals surface area contributed by atoms with Crippen LogP contribution in [0.1, 0.15) is 213 Å². The van der Waals surface area contributed by atoms with Gasteiger partial charge in [0.15, 0.2) is 0 Å². The number of benzene rings is 2. The van der Waals surface area contributed by atoms with Crippen molar-refractivity contribution in [3.8, 4) is 0 Å². The summed E-state index contributed by atoms with van der Waals surface area (Å²) in [5.41, 5.74) is 2.84. The first-order valence-corrected chi connectivity index (χ1v) is 23.4. The molecule has 2 aromatic rings. The van der Waals surface area contributed by atoms with Crippen molar-refractivity contribution < 1.29 is 4.74 Å². The third-order valence-corrected chi connectivity index (χ3v) is 12.3. The van der Waals surface area contributed by atoms with Crippen molar-refractivity contribution in [2.75, 3.05) is 0 Å². The molecule has 51 heavy (non-hydrogen) atoms. The molecule has 0 radical (unpaired) electrons. The number of ether oxygens (including phenoxy) is 1. The van der Waals surface area contributed by atoms with Crippen LogP contribution in [0.3, 0.4) is 0 Å². The smallest absolute Gasteiger partial charge is 0.0861 e. The highest BCUT2D eigenvalue weighted by molar-refractivity contribution is 9.09. The molecule has 0 fully saturated rings. The topological polar surface area (TPSA) is 9.23 Å². The third-order valence-electron chi connectivity index (χ3n) is 10.3. The first kappa shape index (κ1) is 45.8. The molecule has 0 aliphatic carbocycles. The highest BCUT2D eigenvalue weighted by Crippen LogP contribution is 2.29. The Kier molecular flexibility index (Phi) is 32.1. The van der Waals surface area contributed by atoms with E-state index in [0.717, 1.165) is 12.8 Å². The molecule has 0 aromatic heterocycles. The van der Waals surface area contributed by atoms with Gasteiger partial charge in [0.1, 0.15) is 0 Å². The zero-order valence-electron chi connectivity index (χ0n) is 32.6. The first-order chi connectivity index (χ1) is 25.3. The molecule has 1 nitrogen and oxygen atoms in total. The lowest BCUT2D eigenvalue weighted by Gasteiger charge is -2.09. The molecule has 2 atom stereocenters. The van der Waals surface area contributed by atoms with Gasteiger partial charge in [-0.3, -0.25) is 0 Å². The quantitative estimate of drug-likeness (QED) is 0.0378. The van der Waals surface area contributed by atoms with Gasteiger partial charge in [0.2, 0.25) is 0 Å². The van der Waals surface area contributed by atoms with Gasteiger partial charge in [-0.2, -0.15) is 0 Å². The van der Waals surface area contributed by atoms with Crippen molar-refractivity contribution in [2.24, 2.45) is 0 Å². The normalized spacial score (nSPS) is 13.0. The van der Waals surface area contributed by atoms with Crippen molar-refractivity contribution in [2.45, 2.75) is 202 Å². The molecule has 0 aliphatic rings. The van der Waals surface area contributed by atoms with E-state index >= 15 is 0 Å². The molecule has 0 bridgehead atoms. The number of allylic oxidation sites excluding steroid dienone is 2. The Balaban J connectivity index is 1.19. The van der Waals surface area contributed by atoms with Gasteiger partial charge in [-0.05, 0) is 61.8 Å². The summed E-state index contributed by atoms with van der Waals surface area (Å²) in [5, 5.41) is 0. The van der Waals surface area contributed by atoms with Crippen LogP contribution in [0.5, 0.6) is 0 Å². The van der Waals surface area contributed by atoms with Gasteiger partial charge in [-0.15, -0.1) is 0 Å². The summed E-state index contributed by atoms with van der Waals surface area (Å²) in [6, 6.07) is 21.7. The van der Waals surface area contributed by atoms with Crippen molar-refractivity contribution in [3.05, 3.63) is 96.5 Å². The second-order valence-corrected chi connectivity index (χ2v) is 17.2. The van der Waals surface area contributed by atoms with Crippen LogP contribution in [0.2, 0.25) is 0 Å². The molecule has 0 amide bonds. The van der Waals surface area contributed by atoms with Crippen LogP contribution in [-0.4, -0.2) is 0 Å². The largest absolute Gasteiger partial charge is 0.473 e. The van der Waals surface area contributed by atoms with E-state index in [0.29, 0.717) is 9.65 Å². The van der Waals surface area contributed by atoms with Crippen molar-refractivity contribution >= 4 is 31.9 Å². The molecule has 3 heteroatoms. The van der Waals surface area contributed by atoms with Crippen LogP contribution in [0.4, 0.5) is 0 Å². The standard InChI is InChI=1S/C48H76Br2O/c49-47(45-37-29-27-30-38-45)41-33-23-19-15-11-7-3-1-5-9-13-17-21-25-35-43-51-44-36-26-22-18-14-10-6-2-4-8-12-16-20-24-34-42-48(50)46-39-31-28-32-40-46/h27-32,35-40,43-44,47-48H,1-26,33-34,41-42H2. The maximum atomic E-state index is 5.56. The van der Waals surface area contributed by atoms with E-state index in [4.69, 9.17) is 4.74 Å². The number of halogens is 2. The van der Waals surface area contributed by atoms with Crippen LogP contribution in [-0.2, 0) is 4.74 Å². The van der Waals surface area contributed by atoms with Crippen LogP contribution in [0.15, 0.2) is 85.3 Å². The van der Waals surface area contributed by atoms with Gasteiger partial charge in [-0.1, -0.05) is 247 Å². The van der Waals surface area contributed by atoms with Gasteiger partial charge in [0.05, 0.1) is 12.5 Å². The fourth-order valence-corrected chi connectivity index (χ4v) is 8.27. The molecule has 2 rings (SSSR count). The maximum Gasteiger partial charge on any atom is 0.0861 e. The van der Waals surface area contributed by atoms with E-state index < -0.39 is 0 Å². The van der Waals surface area contributed by atoms with Gasteiger partial charge >= 0.3 is 0 Å². The summed E-state index contributed by atoms with van der Waals surface area (Å²) in [4.78, 5) is 1.04. The predicted molar refractivity (Wildman–Crippen MR) is 234 cm³/mol. The molecule has 0 saturated heterocycles. The average Bonchev–Trinajstić information content (AvgIpc) is 3.16. The fourth-order valence-electron chi connectivity index (χ4n) is 7.01. The van der Waals surface area contributed by atoms with E-state index in [-0.39, 0.29) is 0 Å². The van der Waals surface area contributed by atoms with E-state index in [1.807, 2.05) is 12.5 Å². The van der Waals surface area contributed by atoms with Gasteiger partial charge in [0.25, 0.3) is 0 Å². The number of hydrogen-bond donors (Lipinski definition) is 0. The minimum atomic E-state index is 0.520. The van der Waals surface area contributed by atoms with Gasteiger partial charge in [-0.25, -0.2) is 0 Å². The Morgan fingerprint density at radius 2 is 0.608 bits per heavy atom. The van der Waals surface area contributed by atoms with Crippen LogP contribution >= 0.6 is 31.9 Å². The number of rotatable bonds is 36. The lowest BCUT2D eigenvalue weighted by molar-refractivity contribution is 0.397. The maximum absolute atomic E-state index is 5.56. The Morgan fingerprint density at radius 3 is 0.902 bits per heavy atom. The summed E-state index contributed by atoms with van der Waals surface area (Å²) in [5.74, 6) is 0. The minimum Gasteiger partial charge on any atom is -0.473 e. The molecule has 0 saturated carbocycles. The molecular weight excluding hydrogens is 752 g/mol. The number of hydrogen-bond acceptors (Lipinski definition) is 1. The summed E-state index contributed by atoms with van der Waals surface area (Å²) in [7, 11) is 0. The van der Waals surface area contributed by atoms with Crippen LogP contribution in [0.25, 0.3) is 0 Å². The second kappa shape index (κ2) is 35.7. The molecule has 2 aromatic carbocycles. The van der Waals surface area contributed by atoms with Crippen molar-refractivity contribution in [1.82, 2.24) is 0 Å². The fraction of sp³-hybridized carbons (Fsp3) is 0.667. The third kappa shape index (κ3) is 28.8. The summed E-state index contributed by atoms with van der Waals surface area (Å²) in [6.45, 7) is 0. The van der Waals surface area contributed by atoms with Crippen molar-refractivity contribution in [3.63, 3.8) is 0 Å². The van der Waals surface area contributed by atoms with Crippen LogP contribution < -0.4 is 0 Å². The van der Waals surface area contributed by atoms with E-state index in [9.17, 15) is 0 Å². The van der Waals surface area contributed by atoms with Gasteiger partial charge in [0, 0.05) is 9.65 Å². The average molecular weight is 829 g/mol.